The summed E-state index contributed by atoms with van der Waals surface area (Å²) in [6, 6.07) is 12.4. The second-order valence-corrected chi connectivity index (χ2v) is 23.7. The molecule has 0 spiro atoms. The fraction of sp³-hybridized carbons (Fsp3) is 0.533. The highest BCUT2D eigenvalue weighted by molar-refractivity contribution is 14.1. The van der Waals surface area contributed by atoms with Gasteiger partial charge in [0.2, 0.25) is 8.32 Å². The van der Waals surface area contributed by atoms with E-state index >= 15 is 0 Å². The maximum atomic E-state index is 6.98. The average molecular weight is 680 g/mol. The highest BCUT2D eigenvalue weighted by atomic mass is 127. The summed E-state index contributed by atoms with van der Waals surface area (Å²) in [4.78, 5) is 0. The van der Waals surface area contributed by atoms with E-state index in [1.54, 1.807) is 7.11 Å². The van der Waals surface area contributed by atoms with E-state index < -0.39 is 16.6 Å². The molecule has 0 saturated carbocycles. The number of hydrogen-bond donors (Lipinski definition) is 0. The van der Waals surface area contributed by atoms with Crippen LogP contribution in [0.25, 0.3) is 11.3 Å². The van der Waals surface area contributed by atoms with Crippen molar-refractivity contribution in [2.75, 3.05) is 7.11 Å². The zero-order valence-electron chi connectivity index (χ0n) is 25.8. The third-order valence-corrected chi connectivity index (χ3v) is 18.1. The molecule has 2 aromatic carbocycles. The molecule has 3 aromatic rings. The number of ether oxygens (including phenoxy) is 1. The molecule has 0 aliphatic heterocycles. The van der Waals surface area contributed by atoms with Crippen molar-refractivity contribution < 1.29 is 13.6 Å². The van der Waals surface area contributed by atoms with Gasteiger partial charge in [-0.15, -0.1) is 5.10 Å². The number of methoxy groups -OCH3 is 1. The maximum Gasteiger partial charge on any atom is 0.250 e. The van der Waals surface area contributed by atoms with Gasteiger partial charge in [0.1, 0.15) is 26.6 Å². The lowest BCUT2D eigenvalue weighted by Crippen LogP contribution is -2.44. The molecular weight excluding hydrogens is 633 g/mol. The van der Waals surface area contributed by atoms with Gasteiger partial charge in [0.05, 0.1) is 13.7 Å². The van der Waals surface area contributed by atoms with E-state index in [0.29, 0.717) is 6.54 Å². The van der Waals surface area contributed by atoms with Crippen molar-refractivity contribution in [3.63, 3.8) is 0 Å². The molecule has 0 fully saturated rings. The predicted molar refractivity (Wildman–Crippen MR) is 175 cm³/mol. The topological polar surface area (TPSA) is 58.4 Å². The highest BCUT2D eigenvalue weighted by Gasteiger charge is 2.41. The Morgan fingerprint density at radius 1 is 0.846 bits per heavy atom. The third-order valence-electron chi connectivity index (χ3n) is 8.31. The van der Waals surface area contributed by atoms with Crippen LogP contribution < -0.4 is 13.6 Å². The Balaban J connectivity index is 2.13. The first-order valence-electron chi connectivity index (χ1n) is 13.7. The van der Waals surface area contributed by atoms with Crippen LogP contribution in [-0.4, -0.2) is 38.7 Å². The number of hydrogen-bond acceptors (Lipinski definition) is 5. The Morgan fingerprint density at radius 3 is 1.87 bits per heavy atom. The van der Waals surface area contributed by atoms with E-state index in [1.807, 2.05) is 16.8 Å². The number of rotatable bonds is 9. The summed E-state index contributed by atoms with van der Waals surface area (Å²) in [6.45, 7) is 25.6. The molecule has 9 heteroatoms. The van der Waals surface area contributed by atoms with Crippen molar-refractivity contribution in [1.82, 2.24) is 15.0 Å². The van der Waals surface area contributed by atoms with Crippen molar-refractivity contribution >= 4 is 39.2 Å². The van der Waals surface area contributed by atoms with Crippen LogP contribution in [0.5, 0.6) is 17.2 Å². The van der Waals surface area contributed by atoms with Crippen molar-refractivity contribution in [2.45, 2.75) is 97.7 Å². The van der Waals surface area contributed by atoms with Crippen LogP contribution in [0.4, 0.5) is 0 Å². The lowest BCUT2D eigenvalue weighted by Gasteiger charge is -2.39. The lowest BCUT2D eigenvalue weighted by atomic mass is 10.0. The molecule has 0 bridgehead atoms. The molecule has 3 rings (SSSR count). The Bertz CT molecular complexity index is 1290. The molecule has 0 aliphatic carbocycles. The van der Waals surface area contributed by atoms with Crippen LogP contribution >= 0.6 is 22.6 Å². The molecule has 0 saturated heterocycles. The number of aryl methyl sites for hydroxylation is 1. The Labute approximate surface area is 251 Å². The van der Waals surface area contributed by atoms with E-state index in [0.717, 1.165) is 49.8 Å². The Morgan fingerprint density at radius 2 is 1.38 bits per heavy atom. The smallest absolute Gasteiger partial charge is 0.250 e. The normalized spacial score (nSPS) is 12.9. The van der Waals surface area contributed by atoms with Crippen LogP contribution in [0, 0.1) is 3.70 Å². The molecule has 0 radical (unpaired) electrons. The minimum Gasteiger partial charge on any atom is -0.543 e. The number of nitrogens with zero attached hydrogens (tertiary/aromatic N) is 3. The quantitative estimate of drug-likeness (QED) is 0.167. The van der Waals surface area contributed by atoms with Gasteiger partial charge in [-0.2, -0.15) is 0 Å². The zero-order valence-corrected chi connectivity index (χ0v) is 30.0. The molecule has 39 heavy (non-hydrogen) atoms. The van der Waals surface area contributed by atoms with Gasteiger partial charge in [0.15, 0.2) is 0 Å². The predicted octanol–water partition coefficient (Wildman–Crippen LogP) is 8.94. The second-order valence-electron chi connectivity index (χ2n) is 13.3. The van der Waals surface area contributed by atoms with Crippen LogP contribution in [0.15, 0.2) is 36.4 Å². The van der Waals surface area contributed by atoms with Crippen LogP contribution in [0.3, 0.4) is 0 Å². The van der Waals surface area contributed by atoms with Gasteiger partial charge in [0.25, 0.3) is 8.32 Å². The standard InChI is InChI=1S/C30H46IN3O3Si2/c1-13-22-18-24(27-28(31)34(33-32-27)20-21-14-16-23(35-8)17-15-21)26(37-39(11,12)30(5,6)7)19-25(22)36-38(9,10)29(2,3)4/h14-19H,13,20H2,1-12H3. The molecule has 0 aliphatic rings. The van der Waals surface area contributed by atoms with Crippen LogP contribution in [0.1, 0.15) is 59.6 Å². The monoisotopic (exact) mass is 679 g/mol. The average Bonchev–Trinajstić information content (AvgIpc) is 3.17. The maximum absolute atomic E-state index is 6.98. The van der Waals surface area contributed by atoms with Crippen LogP contribution in [-0.2, 0) is 13.0 Å². The van der Waals surface area contributed by atoms with Crippen LogP contribution in [0.2, 0.25) is 36.3 Å². The van der Waals surface area contributed by atoms with E-state index in [2.05, 4.69) is 132 Å². The van der Waals surface area contributed by atoms with Crippen molar-refractivity contribution in [2.24, 2.45) is 0 Å². The van der Waals surface area contributed by atoms with Gasteiger partial charge in [-0.3, -0.25) is 0 Å². The van der Waals surface area contributed by atoms with Gasteiger partial charge in [0, 0.05) is 11.6 Å². The second kappa shape index (κ2) is 11.6. The summed E-state index contributed by atoms with van der Waals surface area (Å²) >= 11 is 2.36. The fourth-order valence-electron chi connectivity index (χ4n) is 3.57. The van der Waals surface area contributed by atoms with Gasteiger partial charge in [-0.25, -0.2) is 4.68 Å². The molecular formula is C30H46IN3O3Si2. The molecule has 0 unspecified atom stereocenters. The van der Waals surface area contributed by atoms with Gasteiger partial charge < -0.3 is 13.6 Å². The Kier molecular flexibility index (Phi) is 9.39. The highest BCUT2D eigenvalue weighted by Crippen LogP contribution is 2.45. The first-order chi connectivity index (χ1) is 17.9. The summed E-state index contributed by atoms with van der Waals surface area (Å²) in [5.74, 6) is 2.61. The first-order valence-corrected chi connectivity index (χ1v) is 20.6. The molecule has 0 amide bonds. The minimum absolute atomic E-state index is 0.0489. The number of benzene rings is 2. The molecule has 214 valence electrons. The zero-order chi connectivity index (χ0) is 29.4. The summed E-state index contributed by atoms with van der Waals surface area (Å²) in [5.41, 5.74) is 4.12. The molecule has 1 heterocycles. The largest absolute Gasteiger partial charge is 0.543 e. The molecule has 0 N–H and O–H groups in total. The molecule has 1 aromatic heterocycles. The Hall–Kier alpha value is -1.86. The molecule has 6 nitrogen and oxygen atoms in total. The van der Waals surface area contributed by atoms with E-state index in [-0.39, 0.29) is 10.1 Å². The van der Waals surface area contributed by atoms with Crippen molar-refractivity contribution in [3.05, 3.63) is 51.2 Å². The SMILES string of the molecule is CCc1cc(-c2nnn(Cc3ccc(OC)cc3)c2I)c(O[Si](C)(C)C(C)(C)C)cc1O[Si](C)(C)C(C)(C)C. The van der Waals surface area contributed by atoms with Crippen molar-refractivity contribution in [1.29, 1.82) is 0 Å². The fourth-order valence-corrected chi connectivity index (χ4v) is 6.31. The van der Waals surface area contributed by atoms with Crippen molar-refractivity contribution in [3.8, 4) is 28.5 Å². The first kappa shape index (κ1) is 31.7. The number of aromatic nitrogens is 3. The third kappa shape index (κ3) is 7.08. The minimum atomic E-state index is -2.15. The van der Waals surface area contributed by atoms with Gasteiger partial charge in [-0.05, 0) is 94.6 Å². The van der Waals surface area contributed by atoms with E-state index in [1.165, 1.54) is 0 Å². The summed E-state index contributed by atoms with van der Waals surface area (Å²) in [7, 11) is -2.52. The lowest BCUT2D eigenvalue weighted by molar-refractivity contribution is 0.414. The van der Waals surface area contributed by atoms with E-state index in [9.17, 15) is 0 Å². The summed E-state index contributed by atoms with van der Waals surface area (Å²) in [5, 5.41) is 9.36. The van der Waals surface area contributed by atoms with Gasteiger partial charge in [-0.1, -0.05) is 65.8 Å². The van der Waals surface area contributed by atoms with E-state index in [4.69, 9.17) is 13.6 Å². The molecule has 0 atom stereocenters. The number of halogens is 1. The summed E-state index contributed by atoms with van der Waals surface area (Å²) in [6.07, 6.45) is 0.855. The summed E-state index contributed by atoms with van der Waals surface area (Å²) < 4.78 is 22.1. The van der Waals surface area contributed by atoms with Gasteiger partial charge >= 0.3 is 0 Å².